The fourth-order valence-corrected chi connectivity index (χ4v) is 3.03. The van der Waals surface area contributed by atoms with Crippen LogP contribution in [0.1, 0.15) is 39.2 Å². The molecule has 0 saturated heterocycles. The molecule has 0 saturated carbocycles. The van der Waals surface area contributed by atoms with E-state index < -0.39 is 19.1 Å². The van der Waals surface area contributed by atoms with Gasteiger partial charge in [-0.1, -0.05) is 27.7 Å². The fourth-order valence-electron chi connectivity index (χ4n) is 3.03. The Balaban J connectivity index is 2.37. The van der Waals surface area contributed by atoms with Crippen LogP contribution in [0.25, 0.3) is 0 Å². The lowest BCUT2D eigenvalue weighted by Crippen LogP contribution is -2.54. The molecule has 164 valence electrons. The van der Waals surface area contributed by atoms with Crippen molar-refractivity contribution in [3.63, 3.8) is 0 Å². The number of aliphatic imine (C=N–C) groups is 2. The van der Waals surface area contributed by atoms with E-state index in [9.17, 15) is 13.2 Å². The van der Waals surface area contributed by atoms with Crippen molar-refractivity contribution < 1.29 is 22.3 Å². The minimum Gasteiger partial charge on any atom is -0.464 e. The third kappa shape index (κ3) is 7.26. The molecular formula is C19H30F3N5O2. The number of alkyl halides is 3. The van der Waals surface area contributed by atoms with Crippen molar-refractivity contribution in [2.24, 2.45) is 27.6 Å². The highest BCUT2D eigenvalue weighted by Gasteiger charge is 2.36. The van der Waals surface area contributed by atoms with Crippen LogP contribution in [0.4, 0.5) is 13.2 Å². The minimum atomic E-state index is -4.48. The summed E-state index contributed by atoms with van der Waals surface area (Å²) >= 11 is 0. The average molecular weight is 417 g/mol. The molecule has 1 aliphatic rings. The summed E-state index contributed by atoms with van der Waals surface area (Å²) in [6, 6.07) is 3.56. The highest BCUT2D eigenvalue weighted by molar-refractivity contribution is 5.96. The van der Waals surface area contributed by atoms with Crippen molar-refractivity contribution in [1.82, 2.24) is 9.80 Å². The molecule has 0 radical (unpaired) electrons. The quantitative estimate of drug-likeness (QED) is 0.700. The van der Waals surface area contributed by atoms with E-state index in [0.29, 0.717) is 42.4 Å². The predicted octanol–water partition coefficient (Wildman–Crippen LogP) is 3.55. The van der Waals surface area contributed by atoms with Gasteiger partial charge in [0.25, 0.3) is 0 Å². The Morgan fingerprint density at radius 3 is 2.31 bits per heavy atom. The first kappa shape index (κ1) is 23.1. The van der Waals surface area contributed by atoms with Gasteiger partial charge in [0.2, 0.25) is 18.3 Å². The Bertz CT molecular complexity index is 718. The average Bonchev–Trinajstić information content (AvgIpc) is 2.97. The summed E-state index contributed by atoms with van der Waals surface area (Å²) < 4.78 is 49.1. The largest absolute Gasteiger partial charge is 0.464 e. The Morgan fingerprint density at radius 1 is 1.21 bits per heavy atom. The molecule has 10 heteroatoms. The first-order valence-electron chi connectivity index (χ1n) is 9.62. The van der Waals surface area contributed by atoms with Gasteiger partial charge in [-0.2, -0.15) is 23.2 Å². The number of halogens is 3. The lowest BCUT2D eigenvalue weighted by molar-refractivity contribution is -0.198. The zero-order chi connectivity index (χ0) is 21.8. The molecule has 29 heavy (non-hydrogen) atoms. The maximum absolute atomic E-state index is 12.8. The first-order valence-corrected chi connectivity index (χ1v) is 9.62. The summed E-state index contributed by atoms with van der Waals surface area (Å²) in [5, 5.41) is 0. The van der Waals surface area contributed by atoms with Crippen LogP contribution < -0.4 is 5.73 Å². The molecule has 0 fully saturated rings. The standard InChI is InChI=1S/C19H30F3N5O2/c1-12(2)8-26(9-13(3)4)17-24-16(23)25-18(28-11-19(20,21)22)27(17)10-15-7-6-14(5)29-15/h6-7,12-13,18H,8-11H2,1-5H3,(H2,23,25). The van der Waals surface area contributed by atoms with Crippen LogP contribution in [-0.2, 0) is 11.3 Å². The van der Waals surface area contributed by atoms with Crippen molar-refractivity contribution in [2.45, 2.75) is 53.7 Å². The van der Waals surface area contributed by atoms with E-state index in [1.165, 1.54) is 0 Å². The van der Waals surface area contributed by atoms with Gasteiger partial charge in [-0.05, 0) is 30.9 Å². The van der Waals surface area contributed by atoms with Gasteiger partial charge in [-0.15, -0.1) is 0 Å². The number of hydrogen-bond donors (Lipinski definition) is 1. The van der Waals surface area contributed by atoms with E-state index in [1.54, 1.807) is 24.0 Å². The highest BCUT2D eigenvalue weighted by Crippen LogP contribution is 2.23. The molecule has 0 aromatic carbocycles. The number of hydrogen-bond acceptors (Lipinski definition) is 7. The van der Waals surface area contributed by atoms with Crippen LogP contribution >= 0.6 is 0 Å². The number of nitrogens with two attached hydrogens (primary N) is 1. The van der Waals surface area contributed by atoms with Crippen molar-refractivity contribution in [3.8, 4) is 0 Å². The number of guanidine groups is 2. The molecule has 7 nitrogen and oxygen atoms in total. The molecule has 2 rings (SSSR count). The second-order valence-electron chi connectivity index (χ2n) is 7.98. The lowest BCUT2D eigenvalue weighted by atomic mass is 10.1. The third-order valence-corrected chi connectivity index (χ3v) is 3.95. The van der Waals surface area contributed by atoms with Crippen molar-refractivity contribution >= 4 is 11.9 Å². The van der Waals surface area contributed by atoms with Crippen LogP contribution in [0.5, 0.6) is 0 Å². The third-order valence-electron chi connectivity index (χ3n) is 3.95. The smallest absolute Gasteiger partial charge is 0.411 e. The minimum absolute atomic E-state index is 0.114. The Labute approximate surface area is 169 Å². The highest BCUT2D eigenvalue weighted by atomic mass is 19.4. The number of nitrogens with zero attached hydrogens (tertiary/aromatic N) is 4. The van der Waals surface area contributed by atoms with E-state index in [2.05, 4.69) is 37.7 Å². The van der Waals surface area contributed by atoms with Gasteiger partial charge in [0.05, 0.1) is 6.54 Å². The SMILES string of the molecule is Cc1ccc(CN2C(N(CC(C)C)CC(C)C)=NC(N)=NC2OCC(F)(F)F)o1. The number of aryl methyl sites for hydroxylation is 1. The summed E-state index contributed by atoms with van der Waals surface area (Å²) in [6.07, 6.45) is -5.74. The summed E-state index contributed by atoms with van der Waals surface area (Å²) in [5.41, 5.74) is 5.84. The van der Waals surface area contributed by atoms with Gasteiger partial charge in [0.15, 0.2) is 0 Å². The molecule has 0 spiro atoms. The molecule has 0 bridgehead atoms. The Hall–Kier alpha value is -2.23. The Morgan fingerprint density at radius 2 is 1.83 bits per heavy atom. The molecule has 1 atom stereocenters. The second kappa shape index (κ2) is 9.51. The van der Waals surface area contributed by atoms with Crippen molar-refractivity contribution in [2.75, 3.05) is 19.7 Å². The summed E-state index contributed by atoms with van der Waals surface area (Å²) in [7, 11) is 0. The van der Waals surface area contributed by atoms with E-state index >= 15 is 0 Å². The zero-order valence-corrected chi connectivity index (χ0v) is 17.5. The van der Waals surface area contributed by atoms with Crippen LogP contribution in [0, 0.1) is 18.8 Å². The fraction of sp³-hybridized carbons (Fsp3) is 0.684. The lowest BCUT2D eigenvalue weighted by Gasteiger charge is -2.40. The first-order chi connectivity index (χ1) is 13.4. The monoisotopic (exact) mass is 417 g/mol. The molecule has 2 N–H and O–H groups in total. The van der Waals surface area contributed by atoms with Crippen LogP contribution in [-0.4, -0.2) is 53.9 Å². The number of rotatable bonds is 8. The topological polar surface area (TPSA) is 79.6 Å². The zero-order valence-electron chi connectivity index (χ0n) is 17.5. The van der Waals surface area contributed by atoms with E-state index in [1.807, 2.05) is 4.90 Å². The van der Waals surface area contributed by atoms with Crippen molar-refractivity contribution in [1.29, 1.82) is 0 Å². The summed E-state index contributed by atoms with van der Waals surface area (Å²) in [6.45, 7) is 10.1. The van der Waals surface area contributed by atoms with Crippen molar-refractivity contribution in [3.05, 3.63) is 23.7 Å². The van der Waals surface area contributed by atoms with E-state index in [0.717, 1.165) is 0 Å². The maximum Gasteiger partial charge on any atom is 0.411 e. The Kier molecular flexibility index (Phi) is 7.56. The van der Waals surface area contributed by atoms with E-state index in [4.69, 9.17) is 14.9 Å². The van der Waals surface area contributed by atoms with Gasteiger partial charge in [0, 0.05) is 13.1 Å². The van der Waals surface area contributed by atoms with Crippen LogP contribution in [0.3, 0.4) is 0 Å². The predicted molar refractivity (Wildman–Crippen MR) is 105 cm³/mol. The number of ether oxygens (including phenoxy) is 1. The van der Waals surface area contributed by atoms with Gasteiger partial charge >= 0.3 is 6.18 Å². The maximum atomic E-state index is 12.8. The van der Waals surface area contributed by atoms with Gasteiger partial charge in [0.1, 0.15) is 18.1 Å². The van der Waals surface area contributed by atoms with Crippen LogP contribution in [0.15, 0.2) is 26.5 Å². The van der Waals surface area contributed by atoms with Gasteiger partial charge in [-0.25, -0.2) is 0 Å². The molecule has 1 aromatic rings. The van der Waals surface area contributed by atoms with Crippen LogP contribution in [0.2, 0.25) is 0 Å². The van der Waals surface area contributed by atoms with E-state index in [-0.39, 0.29) is 12.5 Å². The summed E-state index contributed by atoms with van der Waals surface area (Å²) in [5.74, 6) is 2.20. The molecular weight excluding hydrogens is 387 g/mol. The molecule has 0 aliphatic carbocycles. The number of furan rings is 1. The molecule has 1 aromatic heterocycles. The molecule has 0 amide bonds. The normalized spacial score (nSPS) is 17.7. The molecule has 1 unspecified atom stereocenters. The molecule has 2 heterocycles. The second-order valence-corrected chi connectivity index (χ2v) is 7.98. The van der Waals surface area contributed by atoms with Gasteiger partial charge in [-0.3, -0.25) is 4.90 Å². The van der Waals surface area contributed by atoms with Gasteiger partial charge < -0.3 is 19.8 Å². The summed E-state index contributed by atoms with van der Waals surface area (Å²) in [4.78, 5) is 11.9. The molecule has 1 aliphatic heterocycles.